The highest BCUT2D eigenvalue weighted by Crippen LogP contribution is 2.15. The molecule has 2 rings (SSSR count). The van der Waals surface area contributed by atoms with Crippen LogP contribution in [0.15, 0.2) is 40.1 Å². The zero-order chi connectivity index (χ0) is 16.8. The zero-order valence-electron chi connectivity index (χ0n) is 13.9. The molecule has 124 valence electrons. The maximum Gasteiger partial charge on any atom is 0.218 e. The minimum Gasteiger partial charge on any atom is -0.481 e. The van der Waals surface area contributed by atoms with Crippen molar-refractivity contribution in [3.05, 3.63) is 46.3 Å². The topological polar surface area (TPSA) is 54.7 Å². The van der Waals surface area contributed by atoms with Gasteiger partial charge >= 0.3 is 0 Å². The number of nitrogens with zero attached hydrogens (tertiary/aromatic N) is 4. The van der Waals surface area contributed by atoms with Crippen molar-refractivity contribution in [2.75, 3.05) is 21.2 Å². The molecule has 0 aromatic carbocycles. The van der Waals surface area contributed by atoms with Gasteiger partial charge in [0.05, 0.1) is 13.7 Å². The molecule has 2 heterocycles. The van der Waals surface area contributed by atoms with Gasteiger partial charge in [0.15, 0.2) is 5.96 Å². The van der Waals surface area contributed by atoms with Crippen molar-refractivity contribution in [2.45, 2.75) is 13.1 Å². The second-order valence-corrected chi connectivity index (χ2v) is 6.10. The Kier molecular flexibility index (Phi) is 6.04. The molecule has 0 spiro atoms. The number of aryl methyl sites for hydroxylation is 1. The number of hydrogen-bond donors (Lipinski definition) is 1. The van der Waals surface area contributed by atoms with Crippen LogP contribution in [0.4, 0.5) is 0 Å². The summed E-state index contributed by atoms with van der Waals surface area (Å²) in [6, 6.07) is 5.99. The molecular formula is C16H22BrN5O. The minimum absolute atomic E-state index is 0.602. The SMILES string of the molecule is CN=C(NCc1cccnc1OC)N(C)Cc1cc(Br)cn1C. The second-order valence-electron chi connectivity index (χ2n) is 5.19. The van der Waals surface area contributed by atoms with Gasteiger partial charge in [-0.15, -0.1) is 0 Å². The number of aromatic nitrogens is 2. The van der Waals surface area contributed by atoms with Gasteiger partial charge in [0.25, 0.3) is 0 Å². The number of nitrogens with one attached hydrogen (secondary N) is 1. The summed E-state index contributed by atoms with van der Waals surface area (Å²) in [4.78, 5) is 10.6. The molecule has 0 unspecified atom stereocenters. The molecule has 2 aromatic rings. The molecule has 0 bridgehead atoms. The number of hydrogen-bond acceptors (Lipinski definition) is 3. The minimum atomic E-state index is 0.602. The van der Waals surface area contributed by atoms with Crippen LogP contribution >= 0.6 is 15.9 Å². The van der Waals surface area contributed by atoms with Gasteiger partial charge in [-0.1, -0.05) is 6.07 Å². The third-order valence-electron chi connectivity index (χ3n) is 3.53. The van der Waals surface area contributed by atoms with E-state index in [1.165, 1.54) is 5.69 Å². The summed E-state index contributed by atoms with van der Waals surface area (Å²) >= 11 is 3.50. The number of halogens is 1. The van der Waals surface area contributed by atoms with Crippen molar-refractivity contribution in [3.63, 3.8) is 0 Å². The lowest BCUT2D eigenvalue weighted by Gasteiger charge is -2.22. The molecule has 0 saturated heterocycles. The lowest BCUT2D eigenvalue weighted by Crippen LogP contribution is -2.38. The molecule has 0 aliphatic heterocycles. The Morgan fingerprint density at radius 3 is 2.91 bits per heavy atom. The summed E-state index contributed by atoms with van der Waals surface area (Å²) in [5, 5.41) is 3.34. The Morgan fingerprint density at radius 2 is 2.30 bits per heavy atom. The fraction of sp³-hybridized carbons (Fsp3) is 0.375. The largest absolute Gasteiger partial charge is 0.481 e. The van der Waals surface area contributed by atoms with E-state index in [0.717, 1.165) is 22.5 Å². The molecule has 6 nitrogen and oxygen atoms in total. The third-order valence-corrected chi connectivity index (χ3v) is 3.96. The number of rotatable bonds is 5. The number of ether oxygens (including phenoxy) is 1. The quantitative estimate of drug-likeness (QED) is 0.640. The molecule has 2 aromatic heterocycles. The first kappa shape index (κ1) is 17.3. The maximum atomic E-state index is 5.27. The highest BCUT2D eigenvalue weighted by Gasteiger charge is 2.11. The molecule has 1 N–H and O–H groups in total. The molecule has 0 fully saturated rings. The lowest BCUT2D eigenvalue weighted by molar-refractivity contribution is 0.391. The predicted molar refractivity (Wildman–Crippen MR) is 95.6 cm³/mol. The van der Waals surface area contributed by atoms with Gasteiger partial charge in [0.2, 0.25) is 5.88 Å². The van der Waals surface area contributed by atoms with Crippen molar-refractivity contribution in [2.24, 2.45) is 12.0 Å². The van der Waals surface area contributed by atoms with Crippen LogP contribution in [0.1, 0.15) is 11.3 Å². The van der Waals surface area contributed by atoms with E-state index in [4.69, 9.17) is 4.74 Å². The van der Waals surface area contributed by atoms with E-state index in [1.54, 1.807) is 20.4 Å². The van der Waals surface area contributed by atoms with Gasteiger partial charge in [-0.3, -0.25) is 4.99 Å². The van der Waals surface area contributed by atoms with Gasteiger partial charge in [0, 0.05) is 55.8 Å². The highest BCUT2D eigenvalue weighted by molar-refractivity contribution is 9.10. The van der Waals surface area contributed by atoms with E-state index >= 15 is 0 Å². The Labute approximate surface area is 145 Å². The van der Waals surface area contributed by atoms with Gasteiger partial charge in [-0.2, -0.15) is 0 Å². The molecule has 23 heavy (non-hydrogen) atoms. The molecule has 7 heteroatoms. The molecular weight excluding hydrogens is 358 g/mol. The Bertz CT molecular complexity index is 683. The van der Waals surface area contributed by atoms with Crippen LogP contribution in [0.25, 0.3) is 0 Å². The maximum absolute atomic E-state index is 5.27. The first-order valence-corrected chi connectivity index (χ1v) is 8.05. The normalized spacial score (nSPS) is 11.4. The van der Waals surface area contributed by atoms with E-state index in [2.05, 4.69) is 46.8 Å². The van der Waals surface area contributed by atoms with Gasteiger partial charge in [-0.05, 0) is 28.1 Å². The van der Waals surface area contributed by atoms with Crippen molar-refractivity contribution < 1.29 is 4.74 Å². The summed E-state index contributed by atoms with van der Waals surface area (Å²) < 4.78 is 8.44. The third kappa shape index (κ3) is 4.48. The van der Waals surface area contributed by atoms with Gasteiger partial charge in [0.1, 0.15) is 0 Å². The van der Waals surface area contributed by atoms with Crippen LogP contribution in [0, 0.1) is 0 Å². The fourth-order valence-corrected chi connectivity index (χ4v) is 2.91. The molecule has 0 amide bonds. The van der Waals surface area contributed by atoms with Crippen LogP contribution in [-0.4, -0.2) is 41.6 Å². The number of methoxy groups -OCH3 is 1. The van der Waals surface area contributed by atoms with Crippen molar-refractivity contribution in [1.29, 1.82) is 0 Å². The molecule has 0 aliphatic rings. The smallest absolute Gasteiger partial charge is 0.218 e. The lowest BCUT2D eigenvalue weighted by atomic mass is 10.2. The zero-order valence-corrected chi connectivity index (χ0v) is 15.5. The predicted octanol–water partition coefficient (Wildman–Crippen LogP) is 2.40. The highest BCUT2D eigenvalue weighted by atomic mass is 79.9. The van der Waals surface area contributed by atoms with E-state index < -0.39 is 0 Å². The van der Waals surface area contributed by atoms with Crippen LogP contribution < -0.4 is 10.1 Å². The average molecular weight is 380 g/mol. The standard InChI is InChI=1S/C16H22BrN5O/c1-18-16(20-9-12-6-5-7-19-15(12)23-4)22(3)11-14-8-13(17)10-21(14)2/h5-8,10H,9,11H2,1-4H3,(H,18,20). The molecule has 0 saturated carbocycles. The Hall–Kier alpha value is -2.02. The van der Waals surface area contributed by atoms with Crippen molar-refractivity contribution in [3.8, 4) is 5.88 Å². The number of pyridine rings is 1. The van der Waals surface area contributed by atoms with Crippen LogP contribution in [0.5, 0.6) is 5.88 Å². The molecule has 0 atom stereocenters. The Balaban J connectivity index is 2.01. The summed E-state index contributed by atoms with van der Waals surface area (Å²) in [5.74, 6) is 1.44. The van der Waals surface area contributed by atoms with E-state index in [0.29, 0.717) is 12.4 Å². The summed E-state index contributed by atoms with van der Waals surface area (Å²) in [7, 11) is 7.45. The van der Waals surface area contributed by atoms with E-state index in [-0.39, 0.29) is 0 Å². The van der Waals surface area contributed by atoms with Crippen molar-refractivity contribution in [1.82, 2.24) is 19.8 Å². The summed E-state index contributed by atoms with van der Waals surface area (Å²) in [5.41, 5.74) is 2.19. The monoisotopic (exact) mass is 379 g/mol. The van der Waals surface area contributed by atoms with E-state index in [9.17, 15) is 0 Å². The van der Waals surface area contributed by atoms with Gasteiger partial charge in [-0.25, -0.2) is 4.98 Å². The summed E-state index contributed by atoms with van der Waals surface area (Å²) in [6.07, 6.45) is 3.76. The number of guanidine groups is 1. The fourth-order valence-electron chi connectivity index (χ4n) is 2.34. The molecule has 0 aliphatic carbocycles. The average Bonchev–Trinajstić information content (AvgIpc) is 2.85. The first-order chi connectivity index (χ1) is 11.0. The van der Waals surface area contributed by atoms with E-state index in [1.807, 2.05) is 32.4 Å². The van der Waals surface area contributed by atoms with Crippen LogP contribution in [-0.2, 0) is 20.1 Å². The first-order valence-electron chi connectivity index (χ1n) is 7.25. The molecule has 0 radical (unpaired) electrons. The Morgan fingerprint density at radius 1 is 1.52 bits per heavy atom. The van der Waals surface area contributed by atoms with Crippen LogP contribution in [0.2, 0.25) is 0 Å². The summed E-state index contributed by atoms with van der Waals surface area (Å²) in [6.45, 7) is 1.36. The second kappa shape index (κ2) is 8.01. The van der Waals surface area contributed by atoms with Crippen molar-refractivity contribution >= 4 is 21.9 Å². The van der Waals surface area contributed by atoms with Crippen LogP contribution in [0.3, 0.4) is 0 Å². The number of aliphatic imine (C=N–C) groups is 1. The van der Waals surface area contributed by atoms with Gasteiger partial charge < -0.3 is 19.5 Å².